The molecule has 4 rings (SSSR count). The number of nitrogens with zero attached hydrogens (tertiary/aromatic N) is 3. The van der Waals surface area contributed by atoms with Crippen molar-refractivity contribution in [2.75, 3.05) is 19.0 Å². The van der Waals surface area contributed by atoms with Crippen molar-refractivity contribution >= 4 is 11.7 Å². The Balaban J connectivity index is 1.31. The van der Waals surface area contributed by atoms with E-state index in [0.29, 0.717) is 18.1 Å². The Morgan fingerprint density at radius 2 is 2.10 bits per heavy atom. The topological polar surface area (TPSA) is 79.4 Å². The molecule has 1 spiro atoms. The lowest BCUT2D eigenvalue weighted by Gasteiger charge is -2.40. The lowest BCUT2D eigenvalue weighted by Crippen LogP contribution is -2.51. The second-order valence-corrected chi connectivity index (χ2v) is 8.14. The minimum Gasteiger partial charge on any atom is -0.377 e. The normalized spacial score (nSPS) is 20.4. The largest absolute Gasteiger partial charge is 0.377 e. The molecule has 1 aromatic heterocycles. The molecule has 154 valence electrons. The van der Waals surface area contributed by atoms with Gasteiger partial charge in [-0.3, -0.25) is 4.90 Å². The van der Waals surface area contributed by atoms with Crippen LogP contribution in [0, 0.1) is 6.92 Å². The van der Waals surface area contributed by atoms with Crippen molar-refractivity contribution in [1.82, 2.24) is 20.2 Å². The number of benzene rings is 1. The van der Waals surface area contributed by atoms with E-state index in [1.165, 1.54) is 18.4 Å². The van der Waals surface area contributed by atoms with Crippen molar-refractivity contribution in [3.63, 3.8) is 0 Å². The van der Waals surface area contributed by atoms with Gasteiger partial charge >= 0.3 is 6.03 Å². The highest BCUT2D eigenvalue weighted by Gasteiger charge is 2.51. The number of hydrogen-bond acceptors (Lipinski definition) is 5. The Labute approximate surface area is 171 Å². The number of carbonyl (C=O) groups excluding carboxylic acids is 1. The quantitative estimate of drug-likeness (QED) is 0.785. The third-order valence-corrected chi connectivity index (χ3v) is 5.97. The smallest absolute Gasteiger partial charge is 0.319 e. The fourth-order valence-corrected chi connectivity index (χ4v) is 4.26. The minimum atomic E-state index is -0.187. The third-order valence-electron chi connectivity index (χ3n) is 5.97. The first-order valence-corrected chi connectivity index (χ1v) is 10.3. The first-order valence-electron chi connectivity index (χ1n) is 10.3. The van der Waals surface area contributed by atoms with Crippen LogP contribution in [0.2, 0.25) is 0 Å². The van der Waals surface area contributed by atoms with Gasteiger partial charge in [-0.05, 0) is 38.2 Å². The number of ether oxygens (including phenoxy) is 1. The van der Waals surface area contributed by atoms with Crippen molar-refractivity contribution in [2.45, 2.75) is 57.3 Å². The fourth-order valence-electron chi connectivity index (χ4n) is 4.26. The van der Waals surface area contributed by atoms with Crippen molar-refractivity contribution < 1.29 is 9.53 Å². The Kier molecular flexibility index (Phi) is 5.78. The molecule has 2 N–H and O–H groups in total. The summed E-state index contributed by atoms with van der Waals surface area (Å²) < 4.78 is 5.05. The molecular formula is C22H29N5O2. The Hall–Kier alpha value is -2.51. The van der Waals surface area contributed by atoms with E-state index in [0.717, 1.165) is 31.6 Å². The first kappa shape index (κ1) is 19.8. The van der Waals surface area contributed by atoms with Crippen LogP contribution < -0.4 is 10.6 Å². The van der Waals surface area contributed by atoms with Gasteiger partial charge in [-0.1, -0.05) is 30.3 Å². The SMILES string of the molecule is COCc1ncc(NC(=O)NC2CCN(Cc3ccccc3)C3(CC3)C2)c(C)n1. The second kappa shape index (κ2) is 8.47. The summed E-state index contributed by atoms with van der Waals surface area (Å²) >= 11 is 0. The van der Waals surface area contributed by atoms with Crippen LogP contribution in [-0.4, -0.2) is 46.1 Å². The average molecular weight is 396 g/mol. The number of urea groups is 1. The Bertz CT molecular complexity index is 854. The highest BCUT2D eigenvalue weighted by molar-refractivity contribution is 5.89. The lowest BCUT2D eigenvalue weighted by molar-refractivity contribution is 0.102. The molecule has 2 amide bonds. The van der Waals surface area contributed by atoms with Crippen LogP contribution in [-0.2, 0) is 17.9 Å². The number of hydrogen-bond donors (Lipinski definition) is 2. The summed E-state index contributed by atoms with van der Waals surface area (Å²) in [5.74, 6) is 0.609. The van der Waals surface area contributed by atoms with Crippen molar-refractivity contribution in [3.05, 3.63) is 53.6 Å². The average Bonchev–Trinajstić information content (AvgIpc) is 3.47. The van der Waals surface area contributed by atoms with Gasteiger partial charge in [0.25, 0.3) is 0 Å². The molecule has 7 nitrogen and oxygen atoms in total. The standard InChI is InChI=1S/C22H29N5O2/c1-16-19(13-23-20(24-16)15-29-2)26-21(28)25-18-8-11-27(22(12-18)9-10-22)14-17-6-4-3-5-7-17/h3-7,13,18H,8-12,14-15H2,1-2H3,(H2,25,26,28). The zero-order valence-corrected chi connectivity index (χ0v) is 17.1. The molecule has 2 aromatic rings. The van der Waals surface area contributed by atoms with E-state index in [-0.39, 0.29) is 17.6 Å². The Morgan fingerprint density at radius 3 is 2.79 bits per heavy atom. The molecule has 1 aliphatic heterocycles. The maximum atomic E-state index is 12.5. The van der Waals surface area contributed by atoms with Crippen molar-refractivity contribution in [2.24, 2.45) is 0 Å². The molecule has 1 aliphatic carbocycles. The zero-order valence-electron chi connectivity index (χ0n) is 17.1. The van der Waals surface area contributed by atoms with E-state index in [4.69, 9.17) is 4.74 Å². The number of aromatic nitrogens is 2. The predicted octanol–water partition coefficient (Wildman–Crippen LogP) is 3.25. The summed E-state index contributed by atoms with van der Waals surface area (Å²) in [5.41, 5.74) is 2.98. The van der Waals surface area contributed by atoms with E-state index in [9.17, 15) is 4.79 Å². The van der Waals surface area contributed by atoms with Gasteiger partial charge < -0.3 is 15.4 Å². The highest BCUT2D eigenvalue weighted by atomic mass is 16.5. The maximum absolute atomic E-state index is 12.5. The summed E-state index contributed by atoms with van der Waals surface area (Å²) in [4.78, 5) is 23.7. The first-order chi connectivity index (χ1) is 14.1. The number of rotatable bonds is 6. The highest BCUT2D eigenvalue weighted by Crippen LogP contribution is 2.48. The molecule has 2 aliphatic rings. The van der Waals surface area contributed by atoms with Crippen molar-refractivity contribution in [3.8, 4) is 0 Å². The molecule has 7 heteroatoms. The monoisotopic (exact) mass is 395 g/mol. The van der Waals surface area contributed by atoms with Crippen LogP contribution in [0.4, 0.5) is 10.5 Å². The van der Waals surface area contributed by atoms with Crippen LogP contribution >= 0.6 is 0 Å². The Morgan fingerprint density at radius 1 is 1.31 bits per heavy atom. The zero-order chi connectivity index (χ0) is 20.3. The second-order valence-electron chi connectivity index (χ2n) is 8.14. The summed E-state index contributed by atoms with van der Waals surface area (Å²) in [5, 5.41) is 6.05. The minimum absolute atomic E-state index is 0.187. The number of carbonyl (C=O) groups is 1. The molecular weight excluding hydrogens is 366 g/mol. The number of methoxy groups -OCH3 is 1. The summed E-state index contributed by atoms with van der Waals surface area (Å²) in [6.45, 7) is 4.21. The lowest BCUT2D eigenvalue weighted by atomic mass is 9.94. The van der Waals surface area contributed by atoms with E-state index in [1.807, 2.05) is 6.92 Å². The molecule has 29 heavy (non-hydrogen) atoms. The van der Waals surface area contributed by atoms with Crippen molar-refractivity contribution in [1.29, 1.82) is 0 Å². The predicted molar refractivity (Wildman–Crippen MR) is 111 cm³/mol. The number of aryl methyl sites for hydroxylation is 1. The molecule has 1 unspecified atom stereocenters. The fraction of sp³-hybridized carbons (Fsp3) is 0.500. The van der Waals surface area contributed by atoms with E-state index >= 15 is 0 Å². The number of amides is 2. The van der Waals surface area contributed by atoms with Gasteiger partial charge in [-0.2, -0.15) is 0 Å². The molecule has 0 bridgehead atoms. The number of nitrogens with one attached hydrogen (secondary N) is 2. The number of likely N-dealkylation sites (tertiary alicyclic amines) is 1. The van der Waals surface area contributed by atoms with Crippen LogP contribution in [0.15, 0.2) is 36.5 Å². The van der Waals surface area contributed by atoms with Crippen LogP contribution in [0.3, 0.4) is 0 Å². The molecule has 1 aromatic carbocycles. The molecule has 2 fully saturated rings. The van der Waals surface area contributed by atoms with Gasteiger partial charge in [0.15, 0.2) is 5.82 Å². The van der Waals surface area contributed by atoms with Gasteiger partial charge in [0.2, 0.25) is 0 Å². The molecule has 1 saturated heterocycles. The van der Waals surface area contributed by atoms with Gasteiger partial charge in [-0.15, -0.1) is 0 Å². The number of anilines is 1. The summed E-state index contributed by atoms with van der Waals surface area (Å²) in [6, 6.07) is 10.6. The van der Waals surface area contributed by atoms with Gasteiger partial charge in [0, 0.05) is 31.8 Å². The van der Waals surface area contributed by atoms with Crippen LogP contribution in [0.1, 0.15) is 42.8 Å². The summed E-state index contributed by atoms with van der Waals surface area (Å²) in [7, 11) is 1.61. The molecule has 1 atom stereocenters. The number of piperidine rings is 1. The van der Waals surface area contributed by atoms with E-state index < -0.39 is 0 Å². The van der Waals surface area contributed by atoms with E-state index in [2.05, 4.69) is 55.8 Å². The van der Waals surface area contributed by atoms with E-state index in [1.54, 1.807) is 13.3 Å². The molecule has 0 radical (unpaired) electrons. The van der Waals surface area contributed by atoms with Gasteiger partial charge in [-0.25, -0.2) is 14.8 Å². The third kappa shape index (κ3) is 4.74. The summed E-state index contributed by atoms with van der Waals surface area (Å²) in [6.07, 6.45) is 6.04. The molecule has 1 saturated carbocycles. The van der Waals surface area contributed by atoms with Gasteiger partial charge in [0.1, 0.15) is 6.61 Å². The van der Waals surface area contributed by atoms with Gasteiger partial charge in [0.05, 0.1) is 17.6 Å². The van der Waals surface area contributed by atoms with Crippen LogP contribution in [0.25, 0.3) is 0 Å². The van der Waals surface area contributed by atoms with Crippen LogP contribution in [0.5, 0.6) is 0 Å². The molecule has 2 heterocycles. The maximum Gasteiger partial charge on any atom is 0.319 e.